The lowest BCUT2D eigenvalue weighted by Gasteiger charge is -2.20. The molecule has 2 fully saturated rings. The molecule has 2 nitrogen and oxygen atoms in total. The summed E-state index contributed by atoms with van der Waals surface area (Å²) in [7, 11) is 0. The van der Waals surface area contributed by atoms with Crippen molar-refractivity contribution >= 4 is 5.78 Å². The van der Waals surface area contributed by atoms with Gasteiger partial charge >= 0.3 is 0 Å². The zero-order chi connectivity index (χ0) is 12.4. The second-order valence-electron chi connectivity index (χ2n) is 5.81. The van der Waals surface area contributed by atoms with Gasteiger partial charge in [-0.3, -0.25) is 9.69 Å². The Morgan fingerprint density at radius 2 is 1.83 bits per heavy atom. The Balaban J connectivity index is 1.52. The molecule has 1 aromatic carbocycles. The lowest BCUT2D eigenvalue weighted by atomic mass is 10.1. The van der Waals surface area contributed by atoms with E-state index in [4.69, 9.17) is 0 Å². The van der Waals surface area contributed by atoms with Crippen LogP contribution in [0.5, 0.6) is 0 Å². The molecule has 2 aliphatic rings. The van der Waals surface area contributed by atoms with Crippen LogP contribution in [0.25, 0.3) is 0 Å². The zero-order valence-corrected chi connectivity index (χ0v) is 10.8. The highest BCUT2D eigenvalue weighted by atomic mass is 16.1. The van der Waals surface area contributed by atoms with Gasteiger partial charge < -0.3 is 0 Å². The van der Waals surface area contributed by atoms with Gasteiger partial charge in [0.05, 0.1) is 6.54 Å². The molecule has 0 unspecified atom stereocenters. The molecule has 1 aromatic rings. The summed E-state index contributed by atoms with van der Waals surface area (Å²) < 4.78 is 0. The van der Waals surface area contributed by atoms with Crippen molar-refractivity contribution in [1.29, 1.82) is 0 Å². The first-order valence-electron chi connectivity index (χ1n) is 7.11. The summed E-state index contributed by atoms with van der Waals surface area (Å²) >= 11 is 0. The van der Waals surface area contributed by atoms with E-state index >= 15 is 0 Å². The number of hydrogen-bond donors (Lipinski definition) is 0. The summed E-state index contributed by atoms with van der Waals surface area (Å²) in [5.41, 5.74) is 1.14. The van der Waals surface area contributed by atoms with Gasteiger partial charge in [0.15, 0.2) is 5.78 Å². The Hall–Kier alpha value is -1.15. The van der Waals surface area contributed by atoms with Crippen LogP contribution in [0, 0.1) is 5.92 Å². The summed E-state index contributed by atoms with van der Waals surface area (Å²) in [4.78, 5) is 14.5. The fourth-order valence-corrected chi connectivity index (χ4v) is 2.52. The maximum atomic E-state index is 12.1. The number of hydrogen-bond acceptors (Lipinski definition) is 2. The summed E-state index contributed by atoms with van der Waals surface area (Å²) in [5, 5.41) is 0. The van der Waals surface area contributed by atoms with Gasteiger partial charge in [-0.05, 0) is 37.2 Å². The maximum Gasteiger partial charge on any atom is 0.151 e. The highest BCUT2D eigenvalue weighted by molar-refractivity contribution is 5.82. The molecule has 0 spiro atoms. The summed E-state index contributed by atoms with van der Waals surface area (Å²) in [5.74, 6) is 1.25. The number of benzene rings is 1. The smallest absolute Gasteiger partial charge is 0.151 e. The highest BCUT2D eigenvalue weighted by Gasteiger charge is 2.34. The van der Waals surface area contributed by atoms with E-state index in [2.05, 4.69) is 4.90 Å². The molecule has 2 aliphatic carbocycles. The van der Waals surface area contributed by atoms with Gasteiger partial charge in [-0.25, -0.2) is 0 Å². The first-order valence-corrected chi connectivity index (χ1v) is 7.11. The minimum absolute atomic E-state index is 0.369. The largest absolute Gasteiger partial charge is 0.298 e. The fraction of sp³-hybridized carbons (Fsp3) is 0.562. The van der Waals surface area contributed by atoms with Crippen molar-refractivity contribution in [3.05, 3.63) is 35.9 Å². The van der Waals surface area contributed by atoms with E-state index in [9.17, 15) is 4.79 Å². The molecule has 0 saturated heterocycles. The van der Waals surface area contributed by atoms with E-state index in [0.717, 1.165) is 18.0 Å². The van der Waals surface area contributed by atoms with Crippen LogP contribution in [0.1, 0.15) is 31.2 Å². The molecule has 0 amide bonds. The minimum Gasteiger partial charge on any atom is -0.298 e. The molecule has 0 N–H and O–H groups in total. The Labute approximate surface area is 109 Å². The number of Topliss-reactive ketones (excluding diaryl/α,β-unsaturated/α-hetero) is 1. The summed E-state index contributed by atoms with van der Waals surface area (Å²) in [6.45, 7) is 1.82. The Bertz CT molecular complexity index is 406. The van der Waals surface area contributed by atoms with Gasteiger partial charge in [0.2, 0.25) is 0 Å². The molecular weight excluding hydrogens is 222 g/mol. The Morgan fingerprint density at radius 3 is 2.44 bits per heavy atom. The standard InChI is InChI=1S/C16H21NO/c18-16(10-13-4-2-1-3-5-13)12-17(15-8-9-15)11-14-6-7-14/h1-5,14-15H,6-12H2. The van der Waals surface area contributed by atoms with Crippen LogP contribution in [-0.4, -0.2) is 29.8 Å². The lowest BCUT2D eigenvalue weighted by molar-refractivity contribution is -0.119. The van der Waals surface area contributed by atoms with Crippen LogP contribution in [0.4, 0.5) is 0 Å². The molecule has 2 heteroatoms. The third-order valence-corrected chi connectivity index (χ3v) is 3.88. The van der Waals surface area contributed by atoms with Gasteiger partial charge in [-0.15, -0.1) is 0 Å². The molecule has 0 radical (unpaired) electrons. The molecule has 0 atom stereocenters. The van der Waals surface area contributed by atoms with E-state index in [-0.39, 0.29) is 0 Å². The van der Waals surface area contributed by atoms with Crippen molar-refractivity contribution in [2.75, 3.05) is 13.1 Å². The molecule has 0 aliphatic heterocycles. The van der Waals surface area contributed by atoms with Gasteiger partial charge in [-0.2, -0.15) is 0 Å². The van der Waals surface area contributed by atoms with E-state index in [1.807, 2.05) is 30.3 Å². The molecular formula is C16H21NO. The van der Waals surface area contributed by atoms with Crippen LogP contribution in [0.2, 0.25) is 0 Å². The predicted molar refractivity (Wildman–Crippen MR) is 72.5 cm³/mol. The lowest BCUT2D eigenvalue weighted by Crippen LogP contribution is -2.34. The minimum atomic E-state index is 0.369. The van der Waals surface area contributed by atoms with Crippen molar-refractivity contribution in [2.45, 2.75) is 38.1 Å². The van der Waals surface area contributed by atoms with E-state index in [1.54, 1.807) is 0 Å². The van der Waals surface area contributed by atoms with Crippen molar-refractivity contribution in [2.24, 2.45) is 5.92 Å². The van der Waals surface area contributed by atoms with Crippen LogP contribution in [-0.2, 0) is 11.2 Å². The average Bonchev–Trinajstić information content (AvgIpc) is 3.24. The highest BCUT2D eigenvalue weighted by Crippen LogP contribution is 2.34. The average molecular weight is 243 g/mol. The number of rotatable bonds is 7. The quantitative estimate of drug-likeness (QED) is 0.734. The van der Waals surface area contributed by atoms with E-state index in [1.165, 1.54) is 25.7 Å². The molecule has 0 heterocycles. The van der Waals surface area contributed by atoms with Gasteiger partial charge in [0.25, 0.3) is 0 Å². The summed E-state index contributed by atoms with van der Waals surface area (Å²) in [6.07, 6.45) is 5.93. The molecule has 2 saturated carbocycles. The van der Waals surface area contributed by atoms with Gasteiger partial charge in [0, 0.05) is 19.0 Å². The number of ketones is 1. The SMILES string of the molecule is O=C(Cc1ccccc1)CN(CC1CC1)C1CC1. The first-order chi connectivity index (χ1) is 8.81. The third-order valence-electron chi connectivity index (χ3n) is 3.88. The Morgan fingerprint density at radius 1 is 1.11 bits per heavy atom. The molecule has 96 valence electrons. The van der Waals surface area contributed by atoms with Crippen molar-refractivity contribution < 1.29 is 4.79 Å². The van der Waals surface area contributed by atoms with Crippen molar-refractivity contribution in [1.82, 2.24) is 4.90 Å². The number of carbonyl (C=O) groups excluding carboxylic acids is 1. The van der Waals surface area contributed by atoms with Crippen LogP contribution < -0.4 is 0 Å². The zero-order valence-electron chi connectivity index (χ0n) is 10.8. The summed E-state index contributed by atoms with van der Waals surface area (Å²) in [6, 6.07) is 10.8. The third kappa shape index (κ3) is 3.42. The van der Waals surface area contributed by atoms with Crippen molar-refractivity contribution in [3.63, 3.8) is 0 Å². The van der Waals surface area contributed by atoms with E-state index in [0.29, 0.717) is 24.8 Å². The first kappa shape index (κ1) is 11.9. The fourth-order valence-electron chi connectivity index (χ4n) is 2.52. The maximum absolute atomic E-state index is 12.1. The monoisotopic (exact) mass is 243 g/mol. The van der Waals surface area contributed by atoms with Gasteiger partial charge in [0.1, 0.15) is 0 Å². The molecule has 0 bridgehead atoms. The van der Waals surface area contributed by atoms with Crippen molar-refractivity contribution in [3.8, 4) is 0 Å². The predicted octanol–water partition coefficient (Wildman–Crippen LogP) is 2.67. The topological polar surface area (TPSA) is 20.3 Å². The Kier molecular flexibility index (Phi) is 3.46. The second kappa shape index (κ2) is 5.23. The molecule has 3 rings (SSSR count). The second-order valence-corrected chi connectivity index (χ2v) is 5.81. The van der Waals surface area contributed by atoms with Crippen LogP contribution in [0.15, 0.2) is 30.3 Å². The number of carbonyl (C=O) groups is 1. The molecule has 0 aromatic heterocycles. The van der Waals surface area contributed by atoms with Crippen LogP contribution >= 0.6 is 0 Å². The van der Waals surface area contributed by atoms with Crippen LogP contribution in [0.3, 0.4) is 0 Å². The molecule has 18 heavy (non-hydrogen) atoms. The normalized spacial score (nSPS) is 19.2. The number of nitrogens with zero attached hydrogens (tertiary/aromatic N) is 1. The van der Waals surface area contributed by atoms with E-state index < -0.39 is 0 Å². The van der Waals surface area contributed by atoms with Gasteiger partial charge in [-0.1, -0.05) is 30.3 Å².